The van der Waals surface area contributed by atoms with Gasteiger partial charge in [0.1, 0.15) is 6.42 Å². The van der Waals surface area contributed by atoms with Crippen LogP contribution in [0.25, 0.3) is 0 Å². The Kier molecular flexibility index (Phi) is 4.31. The molecule has 0 aliphatic heterocycles. The molecule has 0 aliphatic rings. The average molecular weight is 238 g/mol. The van der Waals surface area contributed by atoms with Crippen LogP contribution in [0.4, 0.5) is 0 Å². The van der Waals surface area contributed by atoms with E-state index in [9.17, 15) is 9.59 Å². The highest BCUT2D eigenvalue weighted by atomic mass is 16.5. The third kappa shape index (κ3) is 3.94. The smallest absolute Gasteiger partial charge is 0.315 e. The molecule has 2 N–H and O–H groups in total. The second-order valence-corrected chi connectivity index (χ2v) is 4.51. The van der Waals surface area contributed by atoms with Crippen LogP contribution in [0.3, 0.4) is 0 Å². The fourth-order valence-corrected chi connectivity index (χ4v) is 1.43. The van der Waals surface area contributed by atoms with Gasteiger partial charge in [-0.3, -0.25) is 9.59 Å². The molecule has 1 amide bonds. The Morgan fingerprint density at radius 1 is 1.47 bits per heavy atom. The van der Waals surface area contributed by atoms with Crippen molar-refractivity contribution in [1.82, 2.24) is 10.3 Å². The van der Waals surface area contributed by atoms with Gasteiger partial charge in [0.25, 0.3) is 0 Å². The molecule has 0 aliphatic carbocycles. The topological polar surface area (TPSA) is 71.2 Å². The maximum absolute atomic E-state index is 11.4. The molecule has 0 spiro atoms. The molecule has 5 nitrogen and oxygen atoms in total. The van der Waals surface area contributed by atoms with Crippen molar-refractivity contribution in [3.63, 3.8) is 0 Å². The number of nitrogens with one attached hydrogen (secondary N) is 2. The highest BCUT2D eigenvalue weighted by Gasteiger charge is 2.22. The van der Waals surface area contributed by atoms with Crippen molar-refractivity contribution in [2.45, 2.75) is 25.7 Å². The highest BCUT2D eigenvalue weighted by Crippen LogP contribution is 2.21. The van der Waals surface area contributed by atoms with E-state index < -0.39 is 5.97 Å². The predicted octanol–water partition coefficient (Wildman–Crippen LogP) is 0.972. The third-order valence-corrected chi connectivity index (χ3v) is 2.64. The van der Waals surface area contributed by atoms with Crippen molar-refractivity contribution in [1.29, 1.82) is 0 Å². The van der Waals surface area contributed by atoms with Crippen molar-refractivity contribution in [2.24, 2.45) is 0 Å². The number of esters is 1. The lowest BCUT2D eigenvalue weighted by Crippen LogP contribution is -2.37. The molecule has 0 fully saturated rings. The number of aromatic nitrogens is 1. The summed E-state index contributed by atoms with van der Waals surface area (Å²) in [6.45, 7) is 4.52. The molecular weight excluding hydrogens is 220 g/mol. The summed E-state index contributed by atoms with van der Waals surface area (Å²) >= 11 is 0. The number of rotatable bonds is 5. The molecule has 94 valence electrons. The average Bonchev–Trinajstić information content (AvgIpc) is 2.80. The van der Waals surface area contributed by atoms with Crippen molar-refractivity contribution >= 4 is 11.9 Å². The number of hydrogen-bond donors (Lipinski definition) is 2. The van der Waals surface area contributed by atoms with Gasteiger partial charge < -0.3 is 15.0 Å². The fourth-order valence-electron chi connectivity index (χ4n) is 1.43. The van der Waals surface area contributed by atoms with Crippen LogP contribution < -0.4 is 5.32 Å². The number of methoxy groups -OCH3 is 1. The predicted molar refractivity (Wildman–Crippen MR) is 63.5 cm³/mol. The fraction of sp³-hybridized carbons (Fsp3) is 0.500. The van der Waals surface area contributed by atoms with Gasteiger partial charge in [0, 0.05) is 24.4 Å². The first-order valence-electron chi connectivity index (χ1n) is 5.42. The summed E-state index contributed by atoms with van der Waals surface area (Å²) in [5.74, 6) is -0.845. The quantitative estimate of drug-likeness (QED) is 0.593. The first-order chi connectivity index (χ1) is 7.95. The van der Waals surface area contributed by atoms with E-state index in [1.165, 1.54) is 7.11 Å². The van der Waals surface area contributed by atoms with Gasteiger partial charge in [0.15, 0.2) is 0 Å². The van der Waals surface area contributed by atoms with E-state index in [0.29, 0.717) is 6.54 Å². The molecule has 1 heterocycles. The lowest BCUT2D eigenvalue weighted by atomic mass is 9.86. The second-order valence-electron chi connectivity index (χ2n) is 4.51. The molecule has 0 unspecified atom stereocenters. The summed E-state index contributed by atoms with van der Waals surface area (Å²) in [5, 5.41) is 2.72. The van der Waals surface area contributed by atoms with Crippen LogP contribution in [0.2, 0.25) is 0 Å². The number of aromatic amines is 1. The lowest BCUT2D eigenvalue weighted by molar-refractivity contribution is -0.143. The lowest BCUT2D eigenvalue weighted by Gasteiger charge is -2.23. The minimum atomic E-state index is -0.526. The zero-order chi connectivity index (χ0) is 12.9. The number of amides is 1. The van der Waals surface area contributed by atoms with Gasteiger partial charge in [0.05, 0.1) is 7.11 Å². The summed E-state index contributed by atoms with van der Waals surface area (Å²) in [5.41, 5.74) is 0.932. The summed E-state index contributed by atoms with van der Waals surface area (Å²) in [4.78, 5) is 25.3. The number of ether oxygens (including phenoxy) is 1. The van der Waals surface area contributed by atoms with Crippen molar-refractivity contribution in [2.75, 3.05) is 13.7 Å². The van der Waals surface area contributed by atoms with Gasteiger partial charge in [0.2, 0.25) is 5.91 Å². The van der Waals surface area contributed by atoms with Crippen LogP contribution in [-0.4, -0.2) is 30.5 Å². The minimum absolute atomic E-state index is 0.175. The number of carbonyl (C=O) groups excluding carboxylic acids is 2. The van der Waals surface area contributed by atoms with Crippen LogP contribution in [0.5, 0.6) is 0 Å². The van der Waals surface area contributed by atoms with Crippen LogP contribution in [-0.2, 0) is 19.7 Å². The molecule has 1 rings (SSSR count). The molecule has 0 aromatic carbocycles. The first-order valence-corrected chi connectivity index (χ1v) is 5.42. The van der Waals surface area contributed by atoms with Crippen LogP contribution in [0.1, 0.15) is 25.8 Å². The standard InChI is InChI=1S/C12H18N2O3/c1-12(2,9-4-5-13-7-9)8-14-10(15)6-11(16)17-3/h4-5,7,13H,6,8H2,1-3H3,(H,14,15). The Morgan fingerprint density at radius 2 is 2.18 bits per heavy atom. The van der Waals surface area contributed by atoms with E-state index in [1.54, 1.807) is 0 Å². The Labute approximate surface area is 101 Å². The zero-order valence-corrected chi connectivity index (χ0v) is 10.4. The Balaban J connectivity index is 2.45. The summed E-state index contributed by atoms with van der Waals surface area (Å²) < 4.78 is 4.42. The SMILES string of the molecule is COC(=O)CC(=O)NCC(C)(C)c1cc[nH]c1. The highest BCUT2D eigenvalue weighted by molar-refractivity contribution is 5.94. The van der Waals surface area contributed by atoms with Crippen molar-refractivity contribution < 1.29 is 14.3 Å². The number of carbonyl (C=O) groups is 2. The largest absolute Gasteiger partial charge is 0.469 e. The summed E-state index contributed by atoms with van der Waals surface area (Å²) in [6.07, 6.45) is 3.50. The van der Waals surface area contributed by atoms with Crippen molar-refractivity contribution in [3.8, 4) is 0 Å². The molecule has 1 aromatic heterocycles. The Bertz CT molecular complexity index is 382. The molecular formula is C12H18N2O3. The maximum atomic E-state index is 11.4. The number of hydrogen-bond acceptors (Lipinski definition) is 3. The Morgan fingerprint density at radius 3 is 2.71 bits per heavy atom. The van der Waals surface area contributed by atoms with Gasteiger partial charge in [-0.15, -0.1) is 0 Å². The molecule has 5 heteroatoms. The normalized spacial score (nSPS) is 11.0. The molecule has 0 atom stereocenters. The van der Waals surface area contributed by atoms with E-state index in [0.717, 1.165) is 5.56 Å². The van der Waals surface area contributed by atoms with Crippen molar-refractivity contribution in [3.05, 3.63) is 24.0 Å². The van der Waals surface area contributed by atoms with E-state index in [2.05, 4.69) is 15.0 Å². The minimum Gasteiger partial charge on any atom is -0.469 e. The van der Waals surface area contributed by atoms with E-state index in [-0.39, 0.29) is 17.7 Å². The first kappa shape index (κ1) is 13.3. The third-order valence-electron chi connectivity index (χ3n) is 2.64. The molecule has 0 radical (unpaired) electrons. The summed E-state index contributed by atoms with van der Waals surface area (Å²) in [6, 6.07) is 1.96. The molecule has 0 bridgehead atoms. The Hall–Kier alpha value is -1.78. The maximum Gasteiger partial charge on any atom is 0.315 e. The van der Waals surface area contributed by atoms with Crippen LogP contribution in [0.15, 0.2) is 18.5 Å². The molecule has 1 aromatic rings. The van der Waals surface area contributed by atoms with Gasteiger partial charge in [-0.25, -0.2) is 0 Å². The van der Waals surface area contributed by atoms with Gasteiger partial charge >= 0.3 is 5.97 Å². The monoisotopic (exact) mass is 238 g/mol. The van der Waals surface area contributed by atoms with Crippen LogP contribution >= 0.6 is 0 Å². The molecule has 0 saturated carbocycles. The molecule has 0 saturated heterocycles. The number of H-pyrrole nitrogens is 1. The van der Waals surface area contributed by atoms with Gasteiger partial charge in [-0.1, -0.05) is 13.8 Å². The van der Waals surface area contributed by atoms with E-state index >= 15 is 0 Å². The second kappa shape index (κ2) is 5.52. The van der Waals surface area contributed by atoms with Crippen LogP contribution in [0, 0.1) is 0 Å². The van der Waals surface area contributed by atoms with Gasteiger partial charge in [-0.05, 0) is 11.6 Å². The molecule has 17 heavy (non-hydrogen) atoms. The van der Waals surface area contributed by atoms with E-state index in [4.69, 9.17) is 0 Å². The zero-order valence-electron chi connectivity index (χ0n) is 10.4. The summed E-state index contributed by atoms with van der Waals surface area (Å²) in [7, 11) is 1.26. The van der Waals surface area contributed by atoms with Gasteiger partial charge in [-0.2, -0.15) is 0 Å². The van der Waals surface area contributed by atoms with E-state index in [1.807, 2.05) is 32.3 Å².